The van der Waals surface area contributed by atoms with Gasteiger partial charge in [-0.2, -0.15) is 0 Å². The van der Waals surface area contributed by atoms with E-state index >= 15 is 0 Å². The van der Waals surface area contributed by atoms with Crippen LogP contribution in [0.25, 0.3) is 0 Å². The van der Waals surface area contributed by atoms with Crippen molar-refractivity contribution in [3.05, 3.63) is 47.3 Å². The van der Waals surface area contributed by atoms with Crippen molar-refractivity contribution in [3.8, 4) is 0 Å². The Balaban J connectivity index is 1.75. The van der Waals surface area contributed by atoms with E-state index in [0.29, 0.717) is 13.2 Å². The molecular formula is C17H21NO5. The van der Waals surface area contributed by atoms with Gasteiger partial charge in [0.1, 0.15) is 17.6 Å². The molecule has 1 fully saturated rings. The van der Waals surface area contributed by atoms with E-state index < -0.39 is 5.97 Å². The molecule has 3 rings (SSSR count). The Kier molecular flexibility index (Phi) is 4.54. The fraction of sp³-hybridized carbons (Fsp3) is 0.471. The van der Waals surface area contributed by atoms with Gasteiger partial charge < -0.3 is 18.3 Å². The van der Waals surface area contributed by atoms with Crippen molar-refractivity contribution in [1.29, 1.82) is 0 Å². The van der Waals surface area contributed by atoms with Crippen LogP contribution < -0.4 is 0 Å². The summed E-state index contributed by atoms with van der Waals surface area (Å²) in [5.41, 5.74) is 0.787. The SMILES string of the molecule is COC(=O)c1oc(C(C)N2CCOC(c3ccco3)C2)cc1C. The van der Waals surface area contributed by atoms with E-state index in [4.69, 9.17) is 18.3 Å². The van der Waals surface area contributed by atoms with Crippen LogP contribution in [0, 0.1) is 6.92 Å². The van der Waals surface area contributed by atoms with E-state index in [1.54, 1.807) is 6.26 Å². The number of methoxy groups -OCH3 is 1. The lowest BCUT2D eigenvalue weighted by Gasteiger charge is -2.35. The zero-order chi connectivity index (χ0) is 16.4. The van der Waals surface area contributed by atoms with Gasteiger partial charge in [0, 0.05) is 18.7 Å². The second-order valence-electron chi connectivity index (χ2n) is 5.70. The van der Waals surface area contributed by atoms with Crippen molar-refractivity contribution in [1.82, 2.24) is 4.90 Å². The highest BCUT2D eigenvalue weighted by molar-refractivity contribution is 5.87. The summed E-state index contributed by atoms with van der Waals surface area (Å²) in [5.74, 6) is 1.40. The van der Waals surface area contributed by atoms with Crippen LogP contribution in [0.2, 0.25) is 0 Å². The first-order valence-corrected chi connectivity index (χ1v) is 7.68. The number of carbonyl (C=O) groups is 1. The molecule has 0 aromatic carbocycles. The molecule has 2 aromatic rings. The van der Waals surface area contributed by atoms with Crippen LogP contribution in [-0.2, 0) is 9.47 Å². The summed E-state index contributed by atoms with van der Waals surface area (Å²) < 4.78 is 21.7. The van der Waals surface area contributed by atoms with E-state index in [1.807, 2.05) is 25.1 Å². The summed E-state index contributed by atoms with van der Waals surface area (Å²) in [6.07, 6.45) is 1.57. The first-order valence-electron chi connectivity index (χ1n) is 7.68. The number of ether oxygens (including phenoxy) is 2. The minimum Gasteiger partial charge on any atom is -0.467 e. The Labute approximate surface area is 135 Å². The smallest absolute Gasteiger partial charge is 0.374 e. The summed E-state index contributed by atoms with van der Waals surface area (Å²) in [5, 5.41) is 0. The van der Waals surface area contributed by atoms with Gasteiger partial charge in [-0.25, -0.2) is 4.79 Å². The molecule has 0 N–H and O–H groups in total. The molecule has 2 unspecified atom stereocenters. The van der Waals surface area contributed by atoms with E-state index in [2.05, 4.69) is 11.8 Å². The molecule has 6 nitrogen and oxygen atoms in total. The molecule has 0 bridgehead atoms. The van der Waals surface area contributed by atoms with Gasteiger partial charge in [-0.1, -0.05) is 0 Å². The average molecular weight is 319 g/mol. The van der Waals surface area contributed by atoms with Gasteiger partial charge in [0.05, 0.1) is 26.0 Å². The lowest BCUT2D eigenvalue weighted by atomic mass is 10.1. The van der Waals surface area contributed by atoms with E-state index in [1.165, 1.54) is 7.11 Å². The predicted molar refractivity (Wildman–Crippen MR) is 82.2 cm³/mol. The van der Waals surface area contributed by atoms with Gasteiger partial charge >= 0.3 is 5.97 Å². The third-order valence-corrected chi connectivity index (χ3v) is 4.23. The second-order valence-corrected chi connectivity index (χ2v) is 5.70. The van der Waals surface area contributed by atoms with Gasteiger partial charge in [-0.15, -0.1) is 0 Å². The molecule has 2 aromatic heterocycles. The number of hydrogen-bond donors (Lipinski definition) is 0. The highest BCUT2D eigenvalue weighted by Crippen LogP contribution is 2.30. The maximum Gasteiger partial charge on any atom is 0.374 e. The number of esters is 1. The second kappa shape index (κ2) is 6.60. The summed E-state index contributed by atoms with van der Waals surface area (Å²) >= 11 is 0. The number of morpholine rings is 1. The molecule has 3 heterocycles. The van der Waals surface area contributed by atoms with Gasteiger partial charge in [0.2, 0.25) is 5.76 Å². The Morgan fingerprint density at radius 3 is 3.00 bits per heavy atom. The van der Waals surface area contributed by atoms with Crippen molar-refractivity contribution >= 4 is 5.97 Å². The van der Waals surface area contributed by atoms with Crippen LogP contribution in [0.1, 0.15) is 46.7 Å². The van der Waals surface area contributed by atoms with Crippen molar-refractivity contribution < 1.29 is 23.1 Å². The third kappa shape index (κ3) is 3.18. The van der Waals surface area contributed by atoms with E-state index in [9.17, 15) is 4.79 Å². The maximum absolute atomic E-state index is 11.7. The van der Waals surface area contributed by atoms with Gasteiger partial charge in [0.15, 0.2) is 0 Å². The molecule has 0 radical (unpaired) electrons. The predicted octanol–water partition coefficient (Wildman–Crippen LogP) is 3.10. The van der Waals surface area contributed by atoms with Crippen LogP contribution in [-0.4, -0.2) is 37.7 Å². The minimum absolute atomic E-state index is 0.0356. The molecule has 1 aliphatic heterocycles. The Bertz CT molecular complexity index is 661. The van der Waals surface area contributed by atoms with Crippen molar-refractivity contribution in [2.75, 3.05) is 26.8 Å². The summed E-state index contributed by atoms with van der Waals surface area (Å²) in [7, 11) is 1.35. The monoisotopic (exact) mass is 319 g/mol. The first kappa shape index (κ1) is 15.8. The zero-order valence-corrected chi connectivity index (χ0v) is 13.6. The Morgan fingerprint density at radius 1 is 1.48 bits per heavy atom. The lowest BCUT2D eigenvalue weighted by molar-refractivity contribution is -0.0547. The number of carbonyl (C=O) groups excluding carboxylic acids is 1. The number of furan rings is 2. The fourth-order valence-corrected chi connectivity index (χ4v) is 2.86. The van der Waals surface area contributed by atoms with Crippen LogP contribution in [0.15, 0.2) is 33.3 Å². The van der Waals surface area contributed by atoms with Crippen molar-refractivity contribution in [2.24, 2.45) is 0 Å². The third-order valence-electron chi connectivity index (χ3n) is 4.23. The fourth-order valence-electron chi connectivity index (χ4n) is 2.86. The molecule has 2 atom stereocenters. The summed E-state index contributed by atoms with van der Waals surface area (Å²) in [4.78, 5) is 14.0. The quantitative estimate of drug-likeness (QED) is 0.807. The summed E-state index contributed by atoms with van der Waals surface area (Å²) in [6, 6.07) is 5.72. The first-order chi connectivity index (χ1) is 11.1. The molecular weight excluding hydrogens is 298 g/mol. The highest BCUT2D eigenvalue weighted by atomic mass is 16.5. The van der Waals surface area contributed by atoms with Crippen LogP contribution >= 0.6 is 0 Å². The number of hydrogen-bond acceptors (Lipinski definition) is 6. The molecule has 0 spiro atoms. The normalized spacial score (nSPS) is 20.4. The maximum atomic E-state index is 11.7. The molecule has 0 saturated carbocycles. The molecule has 124 valence electrons. The average Bonchev–Trinajstić information content (AvgIpc) is 3.23. The Morgan fingerprint density at radius 2 is 2.30 bits per heavy atom. The standard InChI is InChI=1S/C17H21NO5/c1-11-9-14(23-16(11)17(19)20-3)12(2)18-6-8-22-15(10-18)13-5-4-7-21-13/h4-5,7,9,12,15H,6,8,10H2,1-3H3. The minimum atomic E-state index is -0.448. The summed E-state index contributed by atoms with van der Waals surface area (Å²) in [6.45, 7) is 6.04. The van der Waals surface area contributed by atoms with Crippen LogP contribution in [0.5, 0.6) is 0 Å². The van der Waals surface area contributed by atoms with Gasteiger partial charge in [0.25, 0.3) is 0 Å². The molecule has 1 aliphatic rings. The molecule has 0 amide bonds. The van der Waals surface area contributed by atoms with Crippen molar-refractivity contribution in [3.63, 3.8) is 0 Å². The molecule has 1 saturated heterocycles. The zero-order valence-electron chi connectivity index (χ0n) is 13.6. The molecule has 23 heavy (non-hydrogen) atoms. The topological polar surface area (TPSA) is 65.0 Å². The number of nitrogens with zero attached hydrogens (tertiary/aromatic N) is 1. The number of rotatable bonds is 4. The lowest BCUT2D eigenvalue weighted by Crippen LogP contribution is -2.39. The van der Waals surface area contributed by atoms with Crippen LogP contribution in [0.4, 0.5) is 0 Å². The van der Waals surface area contributed by atoms with E-state index in [-0.39, 0.29) is 17.9 Å². The number of aryl methyl sites for hydroxylation is 1. The highest BCUT2D eigenvalue weighted by Gasteiger charge is 2.30. The molecule has 0 aliphatic carbocycles. The van der Waals surface area contributed by atoms with Crippen LogP contribution in [0.3, 0.4) is 0 Å². The van der Waals surface area contributed by atoms with Gasteiger partial charge in [-0.3, -0.25) is 4.90 Å². The van der Waals surface area contributed by atoms with E-state index in [0.717, 1.165) is 23.6 Å². The van der Waals surface area contributed by atoms with Crippen molar-refractivity contribution in [2.45, 2.75) is 26.0 Å². The molecule has 6 heteroatoms. The van der Waals surface area contributed by atoms with Gasteiger partial charge in [-0.05, 0) is 32.0 Å². The Hall–Kier alpha value is -2.05. The largest absolute Gasteiger partial charge is 0.467 e.